The van der Waals surface area contributed by atoms with Crippen molar-refractivity contribution in [3.05, 3.63) is 99.0 Å². The first-order valence-corrected chi connectivity index (χ1v) is 10.5. The number of rotatable bonds is 3. The monoisotopic (exact) mass is 507 g/mol. The lowest BCUT2D eigenvalue weighted by atomic mass is 9.95. The van der Waals surface area contributed by atoms with Crippen LogP contribution < -0.4 is 4.90 Å². The van der Waals surface area contributed by atoms with Crippen LogP contribution in [-0.2, 0) is 15.8 Å². The number of carbonyl (C=O) groups is 2. The number of amides is 1. The molecule has 174 valence electrons. The number of carbonyl (C=O) groups excluding carboxylic acids is 2. The summed E-state index contributed by atoms with van der Waals surface area (Å²) in [5.41, 5.74) is -1.20. The normalized spacial score (nSPS) is 17.9. The van der Waals surface area contributed by atoms with Gasteiger partial charge in [0.05, 0.1) is 27.2 Å². The van der Waals surface area contributed by atoms with E-state index in [0.29, 0.717) is 0 Å². The molecular formula is C24H14Cl2F3NO4. The molecule has 1 atom stereocenters. The number of aromatic hydroxyl groups is 1. The Morgan fingerprint density at radius 3 is 2.21 bits per heavy atom. The molecule has 2 N–H and O–H groups in total. The molecule has 3 aromatic carbocycles. The fourth-order valence-electron chi connectivity index (χ4n) is 3.70. The summed E-state index contributed by atoms with van der Waals surface area (Å²) in [4.78, 5) is 27.0. The SMILES string of the molecule is O=C1C(=O)N(c2cccc(C(F)(F)F)c2)C(c2ccc(O)cc2)/C1=C(\O)c1ccc(Cl)c(Cl)c1. The van der Waals surface area contributed by atoms with Crippen LogP contribution in [0.5, 0.6) is 5.75 Å². The summed E-state index contributed by atoms with van der Waals surface area (Å²) in [7, 11) is 0. The summed E-state index contributed by atoms with van der Waals surface area (Å²) in [5, 5.41) is 20.9. The second-order valence-corrected chi connectivity index (χ2v) is 8.25. The van der Waals surface area contributed by atoms with Gasteiger partial charge in [-0.3, -0.25) is 14.5 Å². The minimum atomic E-state index is -4.68. The van der Waals surface area contributed by atoms with E-state index in [1.807, 2.05) is 0 Å². The van der Waals surface area contributed by atoms with Crippen molar-refractivity contribution in [3.8, 4) is 5.75 Å². The van der Waals surface area contributed by atoms with Gasteiger partial charge in [0, 0.05) is 11.3 Å². The lowest BCUT2D eigenvalue weighted by Crippen LogP contribution is -2.29. The zero-order valence-corrected chi connectivity index (χ0v) is 18.5. The molecule has 0 aromatic heterocycles. The van der Waals surface area contributed by atoms with Crippen LogP contribution in [0.15, 0.2) is 72.3 Å². The van der Waals surface area contributed by atoms with Crippen LogP contribution in [0, 0.1) is 0 Å². The number of hydrogen-bond donors (Lipinski definition) is 2. The maximum atomic E-state index is 13.3. The summed E-state index contributed by atoms with van der Waals surface area (Å²) in [6, 6.07) is 12.1. The molecule has 1 amide bonds. The van der Waals surface area contributed by atoms with Crippen LogP contribution in [0.2, 0.25) is 10.0 Å². The summed E-state index contributed by atoms with van der Waals surface area (Å²) in [6.07, 6.45) is -4.68. The topological polar surface area (TPSA) is 77.8 Å². The molecule has 0 saturated carbocycles. The van der Waals surface area contributed by atoms with Crippen molar-refractivity contribution in [1.82, 2.24) is 0 Å². The van der Waals surface area contributed by atoms with Crippen molar-refractivity contribution < 1.29 is 33.0 Å². The van der Waals surface area contributed by atoms with Crippen LogP contribution >= 0.6 is 23.2 Å². The first-order chi connectivity index (χ1) is 16.0. The maximum absolute atomic E-state index is 13.3. The molecule has 1 heterocycles. The van der Waals surface area contributed by atoms with Crippen LogP contribution in [-0.4, -0.2) is 21.9 Å². The van der Waals surface area contributed by atoms with E-state index in [1.165, 1.54) is 48.5 Å². The molecule has 1 aliphatic heterocycles. The van der Waals surface area contributed by atoms with Gasteiger partial charge >= 0.3 is 6.18 Å². The average molecular weight is 508 g/mol. The second kappa shape index (κ2) is 8.70. The van der Waals surface area contributed by atoms with Gasteiger partial charge in [-0.2, -0.15) is 13.2 Å². The van der Waals surface area contributed by atoms with E-state index in [0.717, 1.165) is 23.1 Å². The van der Waals surface area contributed by atoms with Crippen molar-refractivity contribution in [2.75, 3.05) is 4.90 Å². The van der Waals surface area contributed by atoms with E-state index in [9.17, 15) is 33.0 Å². The number of hydrogen-bond acceptors (Lipinski definition) is 4. The third kappa shape index (κ3) is 4.22. The number of nitrogens with zero attached hydrogens (tertiary/aromatic N) is 1. The summed E-state index contributed by atoms with van der Waals surface area (Å²) < 4.78 is 40.0. The first-order valence-electron chi connectivity index (χ1n) is 9.71. The Hall–Kier alpha value is -3.49. The molecule has 1 fully saturated rings. The van der Waals surface area contributed by atoms with Gasteiger partial charge in [-0.1, -0.05) is 41.4 Å². The number of aliphatic hydroxyl groups excluding tert-OH is 1. The zero-order valence-electron chi connectivity index (χ0n) is 17.0. The third-order valence-corrected chi connectivity index (χ3v) is 6.04. The molecule has 3 aromatic rings. The molecule has 0 bridgehead atoms. The third-order valence-electron chi connectivity index (χ3n) is 5.30. The predicted molar refractivity (Wildman–Crippen MR) is 121 cm³/mol. The fraction of sp³-hybridized carbons (Fsp3) is 0.0833. The number of halogens is 5. The number of alkyl halides is 3. The van der Waals surface area contributed by atoms with Crippen molar-refractivity contribution in [1.29, 1.82) is 0 Å². The highest BCUT2D eigenvalue weighted by atomic mass is 35.5. The molecule has 10 heteroatoms. The maximum Gasteiger partial charge on any atom is 0.416 e. The Balaban J connectivity index is 1.95. The minimum absolute atomic E-state index is 0.0824. The van der Waals surface area contributed by atoms with Crippen molar-refractivity contribution >= 4 is 46.3 Å². The molecule has 4 rings (SSSR count). The first kappa shape index (κ1) is 23.7. The second-order valence-electron chi connectivity index (χ2n) is 7.44. The van der Waals surface area contributed by atoms with Crippen LogP contribution in [0.4, 0.5) is 18.9 Å². The Kier molecular flexibility index (Phi) is 6.05. The average Bonchev–Trinajstić information content (AvgIpc) is 3.06. The highest BCUT2D eigenvalue weighted by molar-refractivity contribution is 6.51. The highest BCUT2D eigenvalue weighted by Crippen LogP contribution is 2.44. The molecule has 0 spiro atoms. The predicted octanol–water partition coefficient (Wildman–Crippen LogP) is 6.34. The Morgan fingerprint density at radius 2 is 1.59 bits per heavy atom. The molecule has 5 nitrogen and oxygen atoms in total. The molecule has 0 aliphatic carbocycles. The van der Waals surface area contributed by atoms with Crippen LogP contribution in [0.25, 0.3) is 5.76 Å². The Bertz CT molecular complexity index is 1340. The number of benzene rings is 3. The number of anilines is 1. The molecule has 1 saturated heterocycles. The number of ketones is 1. The van der Waals surface area contributed by atoms with Gasteiger partial charge in [-0.05, 0) is 54.1 Å². The van der Waals surface area contributed by atoms with Crippen molar-refractivity contribution in [3.63, 3.8) is 0 Å². The van der Waals surface area contributed by atoms with Crippen LogP contribution in [0.3, 0.4) is 0 Å². The largest absolute Gasteiger partial charge is 0.508 e. The molecule has 1 unspecified atom stereocenters. The lowest BCUT2D eigenvalue weighted by molar-refractivity contribution is -0.137. The van der Waals surface area contributed by atoms with Gasteiger partial charge in [0.1, 0.15) is 11.5 Å². The molecule has 1 aliphatic rings. The van der Waals surface area contributed by atoms with E-state index >= 15 is 0 Å². The van der Waals surface area contributed by atoms with Crippen molar-refractivity contribution in [2.24, 2.45) is 0 Å². The van der Waals surface area contributed by atoms with E-state index in [-0.39, 0.29) is 38.2 Å². The standard InChI is InChI=1S/C24H14Cl2F3NO4/c25-17-9-6-13(10-18(17)26)21(32)19-20(12-4-7-16(31)8-5-12)30(23(34)22(19)33)15-3-1-2-14(11-15)24(27,28)29/h1-11,20,31-32H/b21-19+. The number of phenolic OH excluding ortho intramolecular Hbond substituents is 1. The fourth-order valence-corrected chi connectivity index (χ4v) is 4.00. The van der Waals surface area contributed by atoms with Gasteiger partial charge < -0.3 is 10.2 Å². The Morgan fingerprint density at radius 1 is 0.912 bits per heavy atom. The van der Waals surface area contributed by atoms with E-state index in [4.69, 9.17) is 23.2 Å². The van der Waals surface area contributed by atoms with E-state index in [2.05, 4.69) is 0 Å². The Labute approximate surface area is 201 Å². The molecule has 0 radical (unpaired) electrons. The number of Topliss-reactive ketones (excluding diaryl/α,β-unsaturated/α-hetero) is 1. The van der Waals surface area contributed by atoms with E-state index < -0.39 is 35.2 Å². The van der Waals surface area contributed by atoms with Crippen LogP contribution in [0.1, 0.15) is 22.7 Å². The summed E-state index contributed by atoms with van der Waals surface area (Å²) in [6.45, 7) is 0. The lowest BCUT2D eigenvalue weighted by Gasteiger charge is -2.26. The number of aliphatic hydroxyl groups is 1. The van der Waals surface area contributed by atoms with Gasteiger partial charge in [-0.15, -0.1) is 0 Å². The zero-order chi connectivity index (χ0) is 24.8. The highest BCUT2D eigenvalue weighted by Gasteiger charge is 2.47. The van der Waals surface area contributed by atoms with Gasteiger partial charge in [-0.25, -0.2) is 0 Å². The minimum Gasteiger partial charge on any atom is -0.508 e. The summed E-state index contributed by atoms with van der Waals surface area (Å²) >= 11 is 11.9. The van der Waals surface area contributed by atoms with Crippen molar-refractivity contribution in [2.45, 2.75) is 12.2 Å². The quantitative estimate of drug-likeness (QED) is 0.246. The smallest absolute Gasteiger partial charge is 0.416 e. The van der Waals surface area contributed by atoms with Gasteiger partial charge in [0.25, 0.3) is 11.7 Å². The van der Waals surface area contributed by atoms with Gasteiger partial charge in [0.15, 0.2) is 0 Å². The number of phenols is 1. The summed E-state index contributed by atoms with van der Waals surface area (Å²) in [5.74, 6) is -2.91. The van der Waals surface area contributed by atoms with E-state index in [1.54, 1.807) is 0 Å². The van der Waals surface area contributed by atoms with Gasteiger partial charge in [0.2, 0.25) is 0 Å². The molecule has 34 heavy (non-hydrogen) atoms. The molecular weight excluding hydrogens is 494 g/mol.